The van der Waals surface area contributed by atoms with Crippen molar-refractivity contribution < 1.29 is 22.7 Å². The standard InChI is InChI=1S/C20H30ClN3O5S/c1-28-18-6-5-17(21)14-19(18)30(26,27)24-9-2-4-16(15-24)20(25)22-7-3-8-23-10-12-29-13-11-23/h5-6,14,16H,2-4,7-13,15H2,1H3,(H,22,25)/t16-/m0/s1. The predicted octanol–water partition coefficient (Wildman–Crippen LogP) is 1.59. The molecule has 2 heterocycles. The number of carbonyl (C=O) groups excluding carboxylic acids is 1. The zero-order valence-corrected chi connectivity index (χ0v) is 18.9. The van der Waals surface area contributed by atoms with Crippen LogP contribution in [0.5, 0.6) is 5.75 Å². The van der Waals surface area contributed by atoms with Crippen LogP contribution in [-0.2, 0) is 19.6 Å². The van der Waals surface area contributed by atoms with Crippen LogP contribution in [0.25, 0.3) is 0 Å². The topological polar surface area (TPSA) is 88.2 Å². The first kappa shape index (κ1) is 23.3. The molecule has 0 aliphatic carbocycles. The van der Waals surface area contributed by atoms with Crippen molar-refractivity contribution in [2.75, 3.05) is 59.6 Å². The fraction of sp³-hybridized carbons (Fsp3) is 0.650. The molecule has 0 aromatic heterocycles. The van der Waals surface area contributed by atoms with Crippen molar-refractivity contribution >= 4 is 27.5 Å². The van der Waals surface area contributed by atoms with E-state index in [0.29, 0.717) is 31.0 Å². The number of hydrogen-bond acceptors (Lipinski definition) is 6. The summed E-state index contributed by atoms with van der Waals surface area (Å²) in [6.45, 7) is 5.41. The predicted molar refractivity (Wildman–Crippen MR) is 114 cm³/mol. The number of nitrogens with zero attached hydrogens (tertiary/aromatic N) is 2. The van der Waals surface area contributed by atoms with Gasteiger partial charge in [-0.05, 0) is 44.0 Å². The van der Waals surface area contributed by atoms with Crippen molar-refractivity contribution in [3.63, 3.8) is 0 Å². The van der Waals surface area contributed by atoms with Gasteiger partial charge in [-0.15, -0.1) is 0 Å². The van der Waals surface area contributed by atoms with Gasteiger partial charge in [0.15, 0.2) is 0 Å². The summed E-state index contributed by atoms with van der Waals surface area (Å²) < 4.78 is 38.2. The van der Waals surface area contributed by atoms with E-state index in [1.54, 1.807) is 6.07 Å². The Bertz CT molecular complexity index is 830. The van der Waals surface area contributed by atoms with Crippen LogP contribution in [0.2, 0.25) is 5.02 Å². The minimum atomic E-state index is -3.81. The largest absolute Gasteiger partial charge is 0.495 e. The number of methoxy groups -OCH3 is 1. The third-order valence-electron chi connectivity index (χ3n) is 5.55. The quantitative estimate of drug-likeness (QED) is 0.594. The van der Waals surface area contributed by atoms with Crippen LogP contribution in [0, 0.1) is 5.92 Å². The van der Waals surface area contributed by atoms with Gasteiger partial charge in [-0.1, -0.05) is 11.6 Å². The van der Waals surface area contributed by atoms with Gasteiger partial charge in [-0.2, -0.15) is 4.31 Å². The molecule has 1 amide bonds. The Kier molecular flexibility index (Phi) is 8.35. The number of piperidine rings is 1. The Labute approximate surface area is 183 Å². The molecule has 1 aromatic carbocycles. The molecular weight excluding hydrogens is 430 g/mol. The summed E-state index contributed by atoms with van der Waals surface area (Å²) in [5, 5.41) is 3.29. The SMILES string of the molecule is COc1ccc(Cl)cc1S(=O)(=O)N1CCC[C@H](C(=O)NCCCN2CCOCC2)C1. The number of rotatable bonds is 8. The molecule has 10 heteroatoms. The Balaban J connectivity index is 1.55. The number of amides is 1. The molecule has 3 rings (SSSR count). The van der Waals surface area contributed by atoms with Crippen LogP contribution in [-0.4, -0.2) is 83.1 Å². The van der Waals surface area contributed by atoms with Gasteiger partial charge >= 0.3 is 0 Å². The monoisotopic (exact) mass is 459 g/mol. The van der Waals surface area contributed by atoms with Gasteiger partial charge in [0.05, 0.1) is 26.2 Å². The van der Waals surface area contributed by atoms with Crippen molar-refractivity contribution in [3.8, 4) is 5.75 Å². The number of morpholine rings is 1. The number of hydrogen-bond donors (Lipinski definition) is 1. The number of carbonyl (C=O) groups is 1. The normalized spacial score (nSPS) is 21.3. The third-order valence-corrected chi connectivity index (χ3v) is 7.67. The van der Waals surface area contributed by atoms with Crippen molar-refractivity contribution in [1.82, 2.24) is 14.5 Å². The van der Waals surface area contributed by atoms with Gasteiger partial charge in [0, 0.05) is 37.7 Å². The third kappa shape index (κ3) is 5.85. The summed E-state index contributed by atoms with van der Waals surface area (Å²) in [5.74, 6) is -0.203. The second-order valence-electron chi connectivity index (χ2n) is 7.60. The molecule has 0 unspecified atom stereocenters. The maximum absolute atomic E-state index is 13.2. The minimum absolute atomic E-state index is 0.0315. The summed E-state index contributed by atoms with van der Waals surface area (Å²) in [7, 11) is -2.39. The van der Waals surface area contributed by atoms with Crippen LogP contribution in [0.3, 0.4) is 0 Å². The highest BCUT2D eigenvalue weighted by atomic mass is 35.5. The number of sulfonamides is 1. The molecule has 1 N–H and O–H groups in total. The molecule has 0 radical (unpaired) electrons. The fourth-order valence-corrected chi connectivity index (χ4v) is 5.79. The van der Waals surface area contributed by atoms with Crippen LogP contribution >= 0.6 is 11.6 Å². The molecule has 0 saturated carbocycles. The molecule has 0 bridgehead atoms. The average molecular weight is 460 g/mol. The van der Waals surface area contributed by atoms with Gasteiger partial charge in [-0.3, -0.25) is 9.69 Å². The molecule has 2 aliphatic heterocycles. The first-order valence-corrected chi connectivity index (χ1v) is 12.1. The summed E-state index contributed by atoms with van der Waals surface area (Å²) in [4.78, 5) is 15.0. The lowest BCUT2D eigenvalue weighted by molar-refractivity contribution is -0.126. The molecular formula is C20H30ClN3O5S. The number of ether oxygens (including phenoxy) is 2. The van der Waals surface area contributed by atoms with Crippen LogP contribution < -0.4 is 10.1 Å². The summed E-state index contributed by atoms with van der Waals surface area (Å²) in [6, 6.07) is 4.52. The van der Waals surface area contributed by atoms with E-state index in [4.69, 9.17) is 21.1 Å². The molecule has 1 atom stereocenters. The first-order chi connectivity index (χ1) is 14.4. The van der Waals surface area contributed by atoms with E-state index in [1.165, 1.54) is 23.5 Å². The van der Waals surface area contributed by atoms with Crippen molar-refractivity contribution in [1.29, 1.82) is 0 Å². The Hall–Kier alpha value is -1.39. The molecule has 2 aliphatic rings. The van der Waals surface area contributed by atoms with E-state index in [0.717, 1.165) is 39.3 Å². The Morgan fingerprint density at radius 3 is 2.80 bits per heavy atom. The molecule has 0 spiro atoms. The first-order valence-electron chi connectivity index (χ1n) is 10.3. The van der Waals surface area contributed by atoms with Crippen molar-refractivity contribution in [3.05, 3.63) is 23.2 Å². The highest BCUT2D eigenvalue weighted by molar-refractivity contribution is 7.89. The zero-order chi connectivity index (χ0) is 21.6. The summed E-state index contributed by atoms with van der Waals surface area (Å²) >= 11 is 6.01. The van der Waals surface area contributed by atoms with Crippen molar-refractivity contribution in [2.45, 2.75) is 24.2 Å². The molecule has 2 saturated heterocycles. The zero-order valence-electron chi connectivity index (χ0n) is 17.3. The van der Waals surface area contributed by atoms with Crippen molar-refractivity contribution in [2.24, 2.45) is 5.92 Å². The van der Waals surface area contributed by atoms with E-state index in [2.05, 4.69) is 10.2 Å². The van der Waals surface area contributed by atoms with Gasteiger partial charge in [0.1, 0.15) is 10.6 Å². The number of nitrogens with one attached hydrogen (secondary N) is 1. The fourth-order valence-electron chi connectivity index (χ4n) is 3.85. The van der Waals surface area contributed by atoms with Crippen LogP contribution in [0.4, 0.5) is 0 Å². The van der Waals surface area contributed by atoms with E-state index in [-0.39, 0.29) is 29.0 Å². The smallest absolute Gasteiger partial charge is 0.246 e. The lowest BCUT2D eigenvalue weighted by Crippen LogP contribution is -2.46. The molecule has 168 valence electrons. The lowest BCUT2D eigenvalue weighted by Gasteiger charge is -2.31. The van der Waals surface area contributed by atoms with Gasteiger partial charge in [0.25, 0.3) is 0 Å². The summed E-state index contributed by atoms with van der Waals surface area (Å²) in [6.07, 6.45) is 2.17. The number of benzene rings is 1. The maximum Gasteiger partial charge on any atom is 0.246 e. The minimum Gasteiger partial charge on any atom is -0.495 e. The number of halogens is 1. The Morgan fingerprint density at radius 1 is 1.30 bits per heavy atom. The van der Waals surface area contributed by atoms with Crippen LogP contribution in [0.1, 0.15) is 19.3 Å². The van der Waals surface area contributed by atoms with Gasteiger partial charge in [-0.25, -0.2) is 8.42 Å². The average Bonchev–Trinajstić information content (AvgIpc) is 2.77. The highest BCUT2D eigenvalue weighted by Gasteiger charge is 2.34. The van der Waals surface area contributed by atoms with Crippen LogP contribution in [0.15, 0.2) is 23.1 Å². The van der Waals surface area contributed by atoms with Gasteiger partial charge in [0.2, 0.25) is 15.9 Å². The second-order valence-corrected chi connectivity index (χ2v) is 9.94. The van der Waals surface area contributed by atoms with E-state index in [1.807, 2.05) is 0 Å². The molecule has 2 fully saturated rings. The molecule has 1 aromatic rings. The van der Waals surface area contributed by atoms with E-state index in [9.17, 15) is 13.2 Å². The molecule has 8 nitrogen and oxygen atoms in total. The molecule has 30 heavy (non-hydrogen) atoms. The summed E-state index contributed by atoms with van der Waals surface area (Å²) in [5.41, 5.74) is 0. The highest BCUT2D eigenvalue weighted by Crippen LogP contribution is 2.31. The van der Waals surface area contributed by atoms with E-state index >= 15 is 0 Å². The van der Waals surface area contributed by atoms with Gasteiger partial charge < -0.3 is 14.8 Å². The maximum atomic E-state index is 13.2. The lowest BCUT2D eigenvalue weighted by atomic mass is 9.99. The van der Waals surface area contributed by atoms with E-state index < -0.39 is 10.0 Å². The second kappa shape index (κ2) is 10.8. The Morgan fingerprint density at radius 2 is 2.07 bits per heavy atom.